The van der Waals surface area contributed by atoms with Crippen LogP contribution in [0, 0.1) is 11.3 Å². The third-order valence-corrected chi connectivity index (χ3v) is 3.29. The van der Waals surface area contributed by atoms with Gasteiger partial charge in [0, 0.05) is 11.9 Å². The zero-order valence-corrected chi connectivity index (χ0v) is 12.6. The summed E-state index contributed by atoms with van der Waals surface area (Å²) in [5.74, 6) is -1.21. The van der Waals surface area contributed by atoms with Crippen LogP contribution >= 0.6 is 0 Å². The molecule has 2 aromatic rings. The Balaban J connectivity index is 2.14. The first kappa shape index (κ1) is 15.2. The Labute approximate surface area is 124 Å². The van der Waals surface area contributed by atoms with E-state index in [1.54, 1.807) is 6.20 Å². The lowest BCUT2D eigenvalue weighted by Gasteiger charge is -2.23. The lowest BCUT2D eigenvalue weighted by atomic mass is 9.84. The van der Waals surface area contributed by atoms with Crippen LogP contribution < -0.4 is 5.32 Å². The van der Waals surface area contributed by atoms with Crippen LogP contribution in [0.4, 0.5) is 5.69 Å². The highest BCUT2D eigenvalue weighted by molar-refractivity contribution is 5.90. The van der Waals surface area contributed by atoms with Crippen molar-refractivity contribution in [3.8, 4) is 0 Å². The van der Waals surface area contributed by atoms with E-state index in [2.05, 4.69) is 15.5 Å². The molecule has 2 rings (SSSR count). The second-order valence-electron chi connectivity index (χ2n) is 6.46. The topological polar surface area (TPSA) is 75.1 Å². The monoisotopic (exact) mass is 287 g/mol. The second-order valence-corrected chi connectivity index (χ2v) is 6.46. The number of carboxylic acids is 1. The van der Waals surface area contributed by atoms with Crippen LogP contribution in [-0.2, 0) is 4.79 Å². The molecule has 2 N–H and O–H groups in total. The number of hydrogen-bond donors (Lipinski definition) is 2. The predicted molar refractivity (Wildman–Crippen MR) is 83.2 cm³/mol. The molecule has 0 amide bonds. The first-order valence-electron chi connectivity index (χ1n) is 7.04. The Hall–Kier alpha value is -2.17. The van der Waals surface area contributed by atoms with Gasteiger partial charge in [0.25, 0.3) is 0 Å². The number of aromatic nitrogens is 2. The highest BCUT2D eigenvalue weighted by Crippen LogP contribution is 2.26. The van der Waals surface area contributed by atoms with E-state index in [0.29, 0.717) is 13.0 Å². The molecule has 1 aromatic heterocycles. The minimum Gasteiger partial charge on any atom is -0.481 e. The largest absolute Gasteiger partial charge is 0.481 e. The average molecular weight is 287 g/mol. The molecule has 1 atom stereocenters. The van der Waals surface area contributed by atoms with Gasteiger partial charge in [-0.2, -0.15) is 10.2 Å². The molecular formula is C16H21N3O2. The van der Waals surface area contributed by atoms with E-state index >= 15 is 0 Å². The Morgan fingerprint density at radius 2 is 2.05 bits per heavy atom. The molecule has 0 aliphatic rings. The van der Waals surface area contributed by atoms with E-state index in [1.807, 2.05) is 45.0 Å². The molecule has 21 heavy (non-hydrogen) atoms. The van der Waals surface area contributed by atoms with E-state index in [4.69, 9.17) is 0 Å². The number of benzene rings is 1. The molecule has 0 saturated heterocycles. The SMILES string of the molecule is CC(C)(C)CC(CNc1cnnc2ccccc12)C(=O)O. The molecule has 112 valence electrons. The van der Waals surface area contributed by atoms with Crippen molar-refractivity contribution in [3.05, 3.63) is 30.5 Å². The maximum absolute atomic E-state index is 11.4. The zero-order valence-electron chi connectivity index (χ0n) is 12.6. The highest BCUT2D eigenvalue weighted by atomic mass is 16.4. The number of anilines is 1. The highest BCUT2D eigenvalue weighted by Gasteiger charge is 2.24. The first-order valence-corrected chi connectivity index (χ1v) is 7.04. The van der Waals surface area contributed by atoms with Crippen LogP contribution in [0.25, 0.3) is 10.9 Å². The van der Waals surface area contributed by atoms with Gasteiger partial charge in [-0.3, -0.25) is 4.79 Å². The minimum atomic E-state index is -0.774. The maximum atomic E-state index is 11.4. The van der Waals surface area contributed by atoms with Gasteiger partial charge < -0.3 is 10.4 Å². The van der Waals surface area contributed by atoms with Crippen LogP contribution in [-0.4, -0.2) is 27.8 Å². The van der Waals surface area contributed by atoms with Crippen LogP contribution in [0.15, 0.2) is 30.5 Å². The lowest BCUT2D eigenvalue weighted by molar-refractivity contribution is -0.142. The molecule has 1 heterocycles. The number of hydrogen-bond acceptors (Lipinski definition) is 4. The van der Waals surface area contributed by atoms with E-state index < -0.39 is 11.9 Å². The van der Waals surface area contributed by atoms with Crippen molar-refractivity contribution in [2.24, 2.45) is 11.3 Å². The van der Waals surface area contributed by atoms with Crippen LogP contribution in [0.1, 0.15) is 27.2 Å². The second kappa shape index (κ2) is 6.08. The number of aliphatic carboxylic acids is 1. The summed E-state index contributed by atoms with van der Waals surface area (Å²) in [6.45, 7) is 6.52. The number of nitrogens with one attached hydrogen (secondary N) is 1. The number of carbonyl (C=O) groups is 1. The molecule has 1 aromatic carbocycles. The smallest absolute Gasteiger partial charge is 0.308 e. The first-order chi connectivity index (χ1) is 9.87. The fourth-order valence-corrected chi connectivity index (χ4v) is 2.37. The third-order valence-electron chi connectivity index (χ3n) is 3.29. The van der Waals surface area contributed by atoms with Crippen molar-refractivity contribution >= 4 is 22.6 Å². The normalized spacial score (nSPS) is 13.1. The van der Waals surface area contributed by atoms with Crippen molar-refractivity contribution in [1.29, 1.82) is 0 Å². The molecule has 0 bridgehead atoms. The van der Waals surface area contributed by atoms with Crippen molar-refractivity contribution in [1.82, 2.24) is 10.2 Å². The Morgan fingerprint density at radius 1 is 1.33 bits per heavy atom. The van der Waals surface area contributed by atoms with Gasteiger partial charge in [-0.25, -0.2) is 0 Å². The molecule has 0 spiro atoms. The number of fused-ring (bicyclic) bond motifs is 1. The molecule has 0 saturated carbocycles. The van der Waals surface area contributed by atoms with Gasteiger partial charge in [-0.05, 0) is 17.9 Å². The van der Waals surface area contributed by atoms with Gasteiger partial charge in [0.1, 0.15) is 0 Å². The number of rotatable bonds is 5. The maximum Gasteiger partial charge on any atom is 0.308 e. The van der Waals surface area contributed by atoms with Crippen LogP contribution in [0.3, 0.4) is 0 Å². The summed E-state index contributed by atoms with van der Waals surface area (Å²) >= 11 is 0. The van der Waals surface area contributed by atoms with Crippen molar-refractivity contribution in [3.63, 3.8) is 0 Å². The summed E-state index contributed by atoms with van der Waals surface area (Å²) in [4.78, 5) is 11.4. The van der Waals surface area contributed by atoms with Gasteiger partial charge in [0.15, 0.2) is 0 Å². The standard InChI is InChI=1S/C16H21N3O2/c1-16(2,3)8-11(15(20)21)9-17-14-10-18-19-13-7-5-4-6-12(13)14/h4-7,10-11H,8-9H2,1-3H3,(H,17,19)(H,20,21). The number of carboxylic acid groups (broad SMARTS) is 1. The summed E-state index contributed by atoms with van der Waals surface area (Å²) in [6.07, 6.45) is 2.25. The van der Waals surface area contributed by atoms with Crippen LogP contribution in [0.5, 0.6) is 0 Å². The molecule has 5 nitrogen and oxygen atoms in total. The molecule has 5 heteroatoms. The fraction of sp³-hybridized carbons (Fsp3) is 0.438. The van der Waals surface area contributed by atoms with Gasteiger partial charge in [0.05, 0.1) is 23.3 Å². The molecule has 0 fully saturated rings. The van der Waals surface area contributed by atoms with Gasteiger partial charge in [-0.15, -0.1) is 0 Å². The summed E-state index contributed by atoms with van der Waals surface area (Å²) in [7, 11) is 0. The van der Waals surface area contributed by atoms with E-state index in [9.17, 15) is 9.90 Å². The lowest BCUT2D eigenvalue weighted by Crippen LogP contribution is -2.27. The average Bonchev–Trinajstić information content (AvgIpc) is 2.42. The quantitative estimate of drug-likeness (QED) is 0.883. The van der Waals surface area contributed by atoms with E-state index in [0.717, 1.165) is 16.6 Å². The summed E-state index contributed by atoms with van der Waals surface area (Å²) in [6, 6.07) is 7.67. The van der Waals surface area contributed by atoms with E-state index in [-0.39, 0.29) is 5.41 Å². The predicted octanol–water partition coefficient (Wildman–Crippen LogP) is 3.18. The Morgan fingerprint density at radius 3 is 2.71 bits per heavy atom. The summed E-state index contributed by atoms with van der Waals surface area (Å²) in [5, 5.41) is 21.5. The Kier molecular flexibility index (Phi) is 4.40. The fourth-order valence-electron chi connectivity index (χ4n) is 2.37. The number of nitrogens with zero attached hydrogens (tertiary/aromatic N) is 2. The van der Waals surface area contributed by atoms with Crippen LogP contribution in [0.2, 0.25) is 0 Å². The van der Waals surface area contributed by atoms with Gasteiger partial charge in [0.2, 0.25) is 0 Å². The van der Waals surface area contributed by atoms with Crippen molar-refractivity contribution in [2.75, 3.05) is 11.9 Å². The van der Waals surface area contributed by atoms with E-state index in [1.165, 1.54) is 0 Å². The molecule has 1 unspecified atom stereocenters. The molecular weight excluding hydrogens is 266 g/mol. The Bertz CT molecular complexity index is 629. The van der Waals surface area contributed by atoms with Gasteiger partial charge in [-0.1, -0.05) is 39.0 Å². The molecule has 0 aliphatic heterocycles. The molecule has 0 radical (unpaired) electrons. The van der Waals surface area contributed by atoms with Gasteiger partial charge >= 0.3 is 5.97 Å². The summed E-state index contributed by atoms with van der Waals surface area (Å²) in [5.41, 5.74) is 1.59. The third kappa shape index (κ3) is 4.15. The van der Waals surface area contributed by atoms with Crippen molar-refractivity contribution < 1.29 is 9.90 Å². The zero-order chi connectivity index (χ0) is 15.5. The summed E-state index contributed by atoms with van der Waals surface area (Å²) < 4.78 is 0. The minimum absolute atomic E-state index is 0.0245. The van der Waals surface area contributed by atoms with Crippen molar-refractivity contribution in [2.45, 2.75) is 27.2 Å². The molecule has 0 aliphatic carbocycles.